The molecule has 1 N–H and O–H groups in total. The van der Waals surface area contributed by atoms with Crippen molar-refractivity contribution in [2.75, 3.05) is 6.54 Å². The largest absolute Gasteiger partial charge is 0.340 e. The molecule has 1 fully saturated rings. The predicted molar refractivity (Wildman–Crippen MR) is 109 cm³/mol. The Kier molecular flexibility index (Phi) is 4.99. The van der Waals surface area contributed by atoms with Crippen LogP contribution in [0, 0.1) is 13.8 Å². The number of aryl methyl sites for hydroxylation is 2. The Morgan fingerprint density at radius 1 is 1.14 bits per heavy atom. The number of fused-ring (bicyclic) bond motifs is 1. The number of nitrogens with one attached hydrogen (secondary N) is 1. The molecule has 5 heteroatoms. The first kappa shape index (κ1) is 18.4. The van der Waals surface area contributed by atoms with Crippen LogP contribution in [0.1, 0.15) is 59.0 Å². The Morgan fingerprint density at radius 2 is 1.96 bits per heavy atom. The first-order valence-corrected chi connectivity index (χ1v) is 9.87. The van der Waals surface area contributed by atoms with Crippen LogP contribution in [-0.4, -0.2) is 33.1 Å². The maximum Gasteiger partial charge on any atom is 0.223 e. The minimum atomic E-state index is -0.0318. The van der Waals surface area contributed by atoms with E-state index in [0.717, 1.165) is 52.9 Å². The van der Waals surface area contributed by atoms with Gasteiger partial charge in [0.15, 0.2) is 5.78 Å². The van der Waals surface area contributed by atoms with Crippen LogP contribution in [0.3, 0.4) is 0 Å². The highest BCUT2D eigenvalue weighted by molar-refractivity contribution is 5.99. The average molecular weight is 375 g/mol. The normalized spacial score (nSPS) is 16.6. The highest BCUT2D eigenvalue weighted by Crippen LogP contribution is 2.32. The molecular weight excluding hydrogens is 350 g/mol. The van der Waals surface area contributed by atoms with Crippen molar-refractivity contribution in [3.63, 3.8) is 0 Å². The Morgan fingerprint density at radius 3 is 2.79 bits per heavy atom. The second-order valence-corrected chi connectivity index (χ2v) is 7.63. The van der Waals surface area contributed by atoms with E-state index >= 15 is 0 Å². The molecule has 1 unspecified atom stereocenters. The van der Waals surface area contributed by atoms with Crippen molar-refractivity contribution in [2.45, 2.75) is 45.6 Å². The molecule has 0 radical (unpaired) electrons. The zero-order chi connectivity index (χ0) is 19.7. The average Bonchev–Trinajstić information content (AvgIpc) is 3.34. The molecule has 0 spiro atoms. The molecular formula is C23H25N3O2. The molecule has 1 aromatic heterocycles. The number of ketones is 1. The highest BCUT2D eigenvalue weighted by atomic mass is 16.2. The number of benzene rings is 2. The molecule has 2 heterocycles. The zero-order valence-corrected chi connectivity index (χ0v) is 16.4. The van der Waals surface area contributed by atoms with Crippen LogP contribution >= 0.6 is 0 Å². The summed E-state index contributed by atoms with van der Waals surface area (Å²) < 4.78 is 0. The fraction of sp³-hybridized carbons (Fsp3) is 0.348. The number of nitrogens with zero attached hydrogens (tertiary/aromatic N) is 2. The standard InChI is InChI=1S/C23H25N3O2/c1-15-9-10-16(2)17(14-15)21(27)11-12-22(28)26-13-5-8-20(26)23-24-18-6-3-4-7-19(18)25-23/h3-4,6-7,9-10,14,20H,5,8,11-13H2,1-2H3,(H,24,25). The predicted octanol–water partition coefficient (Wildman–Crippen LogP) is 4.51. The summed E-state index contributed by atoms with van der Waals surface area (Å²) in [5.74, 6) is 0.906. The van der Waals surface area contributed by atoms with E-state index < -0.39 is 0 Å². The molecule has 3 aromatic rings. The van der Waals surface area contributed by atoms with Crippen molar-refractivity contribution in [3.05, 3.63) is 65.0 Å². The van der Waals surface area contributed by atoms with Crippen LogP contribution in [-0.2, 0) is 4.79 Å². The zero-order valence-electron chi connectivity index (χ0n) is 16.4. The van der Waals surface area contributed by atoms with Gasteiger partial charge in [0.05, 0.1) is 17.1 Å². The molecule has 1 saturated heterocycles. The van der Waals surface area contributed by atoms with Crippen LogP contribution in [0.4, 0.5) is 0 Å². The van der Waals surface area contributed by atoms with Gasteiger partial charge in [-0.15, -0.1) is 0 Å². The van der Waals surface area contributed by atoms with Crippen molar-refractivity contribution in [1.82, 2.24) is 14.9 Å². The summed E-state index contributed by atoms with van der Waals surface area (Å²) in [5, 5.41) is 0. The summed E-state index contributed by atoms with van der Waals surface area (Å²) in [5.41, 5.74) is 4.65. The number of rotatable bonds is 5. The lowest BCUT2D eigenvalue weighted by Gasteiger charge is -2.23. The lowest BCUT2D eigenvalue weighted by Crippen LogP contribution is -2.31. The number of hydrogen-bond acceptors (Lipinski definition) is 3. The van der Waals surface area contributed by atoms with E-state index in [1.54, 1.807) is 0 Å². The quantitative estimate of drug-likeness (QED) is 0.668. The lowest BCUT2D eigenvalue weighted by atomic mass is 9.99. The number of likely N-dealkylation sites (tertiary alicyclic amines) is 1. The molecule has 1 amide bonds. The van der Waals surface area contributed by atoms with Gasteiger partial charge in [0.25, 0.3) is 0 Å². The third-order valence-electron chi connectivity index (χ3n) is 5.56. The van der Waals surface area contributed by atoms with Crippen LogP contribution in [0.5, 0.6) is 0 Å². The Bertz CT molecular complexity index is 1000. The number of hydrogen-bond donors (Lipinski definition) is 1. The summed E-state index contributed by atoms with van der Waals surface area (Å²) in [4.78, 5) is 35.4. The summed E-state index contributed by atoms with van der Waals surface area (Å²) in [6.45, 7) is 4.63. The molecule has 1 aliphatic rings. The van der Waals surface area contributed by atoms with Gasteiger partial charge in [0.1, 0.15) is 5.82 Å². The Labute approximate surface area is 164 Å². The Hall–Kier alpha value is -2.95. The summed E-state index contributed by atoms with van der Waals surface area (Å²) in [7, 11) is 0. The fourth-order valence-electron chi connectivity index (χ4n) is 4.01. The van der Waals surface area contributed by atoms with Gasteiger partial charge in [-0.1, -0.05) is 29.8 Å². The molecule has 1 aliphatic heterocycles. The number of H-pyrrole nitrogens is 1. The van der Waals surface area contributed by atoms with Crippen LogP contribution in [0.2, 0.25) is 0 Å². The first-order chi connectivity index (χ1) is 13.5. The number of carbonyl (C=O) groups excluding carboxylic acids is 2. The highest BCUT2D eigenvalue weighted by Gasteiger charge is 2.32. The van der Waals surface area contributed by atoms with Crippen LogP contribution < -0.4 is 0 Å². The van der Waals surface area contributed by atoms with Gasteiger partial charge in [-0.05, 0) is 50.5 Å². The van der Waals surface area contributed by atoms with Crippen molar-refractivity contribution in [2.24, 2.45) is 0 Å². The van der Waals surface area contributed by atoms with Gasteiger partial charge in [-0.25, -0.2) is 4.98 Å². The minimum Gasteiger partial charge on any atom is -0.340 e. The summed E-state index contributed by atoms with van der Waals surface area (Å²) in [6.07, 6.45) is 2.34. The smallest absolute Gasteiger partial charge is 0.223 e. The van der Waals surface area contributed by atoms with E-state index in [9.17, 15) is 9.59 Å². The summed E-state index contributed by atoms with van der Waals surface area (Å²) >= 11 is 0. The number of Topliss-reactive ketones (excluding diaryl/α,β-unsaturated/α-hetero) is 1. The van der Waals surface area contributed by atoms with Crippen LogP contribution in [0.15, 0.2) is 42.5 Å². The number of carbonyl (C=O) groups is 2. The van der Waals surface area contributed by atoms with Gasteiger partial charge in [-0.2, -0.15) is 0 Å². The number of aromatic amines is 1. The van der Waals surface area contributed by atoms with E-state index in [2.05, 4.69) is 9.97 Å². The number of imidazole rings is 1. The van der Waals surface area contributed by atoms with E-state index in [1.165, 1.54) is 0 Å². The first-order valence-electron chi connectivity index (χ1n) is 9.87. The third-order valence-corrected chi connectivity index (χ3v) is 5.56. The summed E-state index contributed by atoms with van der Waals surface area (Å²) in [6, 6.07) is 13.7. The minimum absolute atomic E-state index is 0.0293. The maximum atomic E-state index is 12.9. The maximum absolute atomic E-state index is 12.9. The number of aromatic nitrogens is 2. The van der Waals surface area contributed by atoms with Gasteiger partial charge in [-0.3, -0.25) is 9.59 Å². The van der Waals surface area contributed by atoms with Gasteiger partial charge >= 0.3 is 0 Å². The SMILES string of the molecule is Cc1ccc(C)c(C(=O)CCC(=O)N2CCCC2c2nc3ccccc3[nH]2)c1. The lowest BCUT2D eigenvalue weighted by molar-refractivity contribution is -0.132. The van der Waals surface area contributed by atoms with Crippen molar-refractivity contribution >= 4 is 22.7 Å². The molecule has 0 aliphatic carbocycles. The van der Waals surface area contributed by atoms with E-state index in [0.29, 0.717) is 0 Å². The molecule has 0 bridgehead atoms. The topological polar surface area (TPSA) is 66.1 Å². The van der Waals surface area contributed by atoms with Gasteiger partial charge in [0, 0.05) is 24.9 Å². The van der Waals surface area contributed by atoms with Gasteiger partial charge in [0.2, 0.25) is 5.91 Å². The van der Waals surface area contributed by atoms with E-state index in [1.807, 2.05) is 61.2 Å². The van der Waals surface area contributed by atoms with E-state index in [-0.39, 0.29) is 30.6 Å². The van der Waals surface area contributed by atoms with Crippen molar-refractivity contribution in [1.29, 1.82) is 0 Å². The van der Waals surface area contributed by atoms with Crippen LogP contribution in [0.25, 0.3) is 11.0 Å². The monoisotopic (exact) mass is 375 g/mol. The molecule has 4 rings (SSSR count). The van der Waals surface area contributed by atoms with E-state index in [4.69, 9.17) is 0 Å². The molecule has 5 nitrogen and oxygen atoms in total. The number of amides is 1. The number of para-hydroxylation sites is 2. The Balaban J connectivity index is 1.45. The molecule has 1 atom stereocenters. The molecule has 2 aromatic carbocycles. The molecule has 0 saturated carbocycles. The van der Waals surface area contributed by atoms with Gasteiger partial charge < -0.3 is 9.88 Å². The van der Waals surface area contributed by atoms with Crippen molar-refractivity contribution in [3.8, 4) is 0 Å². The van der Waals surface area contributed by atoms with Crippen molar-refractivity contribution < 1.29 is 9.59 Å². The fourth-order valence-corrected chi connectivity index (χ4v) is 4.01. The third kappa shape index (κ3) is 3.57. The second-order valence-electron chi connectivity index (χ2n) is 7.63. The molecule has 28 heavy (non-hydrogen) atoms. The molecule has 144 valence electrons. The second kappa shape index (κ2) is 7.58.